The fraction of sp³-hybridized carbons (Fsp3) is 0.500. The van der Waals surface area contributed by atoms with Crippen molar-refractivity contribution in [3.8, 4) is 0 Å². The lowest BCUT2D eigenvalue weighted by molar-refractivity contribution is 0.146. The van der Waals surface area contributed by atoms with Crippen LogP contribution in [0.15, 0.2) is 12.3 Å². The van der Waals surface area contributed by atoms with E-state index in [0.717, 1.165) is 12.1 Å². The first kappa shape index (κ1) is 8.10. The lowest BCUT2D eigenvalue weighted by Gasteiger charge is -2.14. The highest BCUT2D eigenvalue weighted by Crippen LogP contribution is 2.07. The van der Waals surface area contributed by atoms with Gasteiger partial charge in [0.25, 0.3) is 0 Å². The largest absolute Gasteiger partial charge is 0.465 e. The summed E-state index contributed by atoms with van der Waals surface area (Å²) in [7, 11) is 0. The molecule has 0 saturated heterocycles. The predicted molar refractivity (Wildman–Crippen MR) is 45.5 cm³/mol. The molecule has 1 aliphatic heterocycles. The standard InChI is InChI=1S/C8H11N3O2/c12-8(13)10-4-2-7-1-3-9-11(7)6-5-10/h1,3H,2,4-6H2,(H,12,13). The van der Waals surface area contributed by atoms with Gasteiger partial charge in [0.15, 0.2) is 0 Å². The minimum absolute atomic E-state index is 0.532. The number of rotatable bonds is 0. The highest BCUT2D eigenvalue weighted by Gasteiger charge is 2.16. The van der Waals surface area contributed by atoms with Gasteiger partial charge in [-0.3, -0.25) is 4.68 Å². The van der Waals surface area contributed by atoms with Gasteiger partial charge in [-0.2, -0.15) is 5.10 Å². The Morgan fingerprint density at radius 2 is 2.31 bits per heavy atom. The fourth-order valence-electron chi connectivity index (χ4n) is 1.54. The maximum atomic E-state index is 10.7. The van der Waals surface area contributed by atoms with Gasteiger partial charge in [0.05, 0.1) is 6.54 Å². The van der Waals surface area contributed by atoms with Gasteiger partial charge in [-0.25, -0.2) is 4.79 Å². The van der Waals surface area contributed by atoms with Crippen molar-refractivity contribution >= 4 is 6.09 Å². The molecule has 0 saturated carbocycles. The van der Waals surface area contributed by atoms with Crippen molar-refractivity contribution in [2.75, 3.05) is 13.1 Å². The minimum atomic E-state index is -0.842. The summed E-state index contributed by atoms with van der Waals surface area (Å²) in [6.45, 7) is 1.76. The van der Waals surface area contributed by atoms with E-state index in [1.165, 1.54) is 4.90 Å². The van der Waals surface area contributed by atoms with E-state index < -0.39 is 6.09 Å². The molecule has 1 N–H and O–H groups in total. The van der Waals surface area contributed by atoms with Crippen LogP contribution < -0.4 is 0 Å². The molecule has 0 fully saturated rings. The van der Waals surface area contributed by atoms with E-state index in [2.05, 4.69) is 5.10 Å². The molecule has 13 heavy (non-hydrogen) atoms. The quantitative estimate of drug-likeness (QED) is 0.631. The molecule has 0 radical (unpaired) electrons. The van der Waals surface area contributed by atoms with Crippen LogP contribution in [0.3, 0.4) is 0 Å². The first-order valence-corrected chi connectivity index (χ1v) is 4.26. The van der Waals surface area contributed by atoms with E-state index in [1.807, 2.05) is 10.7 Å². The molecule has 5 nitrogen and oxygen atoms in total. The Kier molecular flexibility index (Phi) is 1.92. The van der Waals surface area contributed by atoms with Crippen LogP contribution in [0, 0.1) is 0 Å². The molecule has 0 atom stereocenters. The van der Waals surface area contributed by atoms with Crippen molar-refractivity contribution in [1.29, 1.82) is 0 Å². The van der Waals surface area contributed by atoms with Crippen LogP contribution in [0.25, 0.3) is 0 Å². The zero-order chi connectivity index (χ0) is 9.26. The molecule has 0 unspecified atom stereocenters. The fourth-order valence-corrected chi connectivity index (χ4v) is 1.54. The van der Waals surface area contributed by atoms with Gasteiger partial charge >= 0.3 is 6.09 Å². The summed E-state index contributed by atoms with van der Waals surface area (Å²) in [4.78, 5) is 12.1. The van der Waals surface area contributed by atoms with Gasteiger partial charge < -0.3 is 10.0 Å². The van der Waals surface area contributed by atoms with Crippen molar-refractivity contribution in [3.63, 3.8) is 0 Å². The van der Waals surface area contributed by atoms with Crippen molar-refractivity contribution < 1.29 is 9.90 Å². The Labute approximate surface area is 75.6 Å². The van der Waals surface area contributed by atoms with Gasteiger partial charge in [-0.05, 0) is 6.07 Å². The summed E-state index contributed by atoms with van der Waals surface area (Å²) in [5, 5.41) is 12.9. The van der Waals surface area contributed by atoms with Crippen molar-refractivity contribution in [2.24, 2.45) is 0 Å². The summed E-state index contributed by atoms with van der Waals surface area (Å²) in [6, 6.07) is 1.94. The number of amides is 1. The molecule has 2 rings (SSSR count). The molecule has 2 heterocycles. The SMILES string of the molecule is O=C(O)N1CCc2ccnn2CC1. The monoisotopic (exact) mass is 181 g/mol. The first-order valence-electron chi connectivity index (χ1n) is 4.26. The molecule has 1 aromatic heterocycles. The molecule has 5 heteroatoms. The van der Waals surface area contributed by atoms with Crippen LogP contribution in [0.1, 0.15) is 5.69 Å². The molecule has 1 aromatic rings. The molecular formula is C8H11N3O2. The Balaban J connectivity index is 2.12. The summed E-state index contributed by atoms with van der Waals surface area (Å²) in [6.07, 6.45) is 1.67. The number of carbonyl (C=O) groups is 1. The van der Waals surface area contributed by atoms with Crippen LogP contribution in [0.5, 0.6) is 0 Å². The number of nitrogens with zero attached hydrogens (tertiary/aromatic N) is 3. The Bertz CT molecular complexity index is 298. The highest BCUT2D eigenvalue weighted by atomic mass is 16.4. The van der Waals surface area contributed by atoms with E-state index in [9.17, 15) is 4.79 Å². The predicted octanol–water partition coefficient (Wildman–Crippen LogP) is 0.419. The second kappa shape index (κ2) is 3.08. The average Bonchev–Trinajstić information content (AvgIpc) is 2.44. The Morgan fingerprint density at radius 3 is 3.08 bits per heavy atom. The maximum absolute atomic E-state index is 10.7. The first-order chi connectivity index (χ1) is 6.27. The smallest absolute Gasteiger partial charge is 0.407 e. The highest BCUT2D eigenvalue weighted by molar-refractivity contribution is 5.64. The third-order valence-electron chi connectivity index (χ3n) is 2.29. The van der Waals surface area contributed by atoms with E-state index in [4.69, 9.17) is 5.11 Å². The Morgan fingerprint density at radius 1 is 1.46 bits per heavy atom. The summed E-state index contributed by atoms with van der Waals surface area (Å²) < 4.78 is 1.86. The maximum Gasteiger partial charge on any atom is 0.407 e. The van der Waals surface area contributed by atoms with Crippen LogP contribution >= 0.6 is 0 Å². The van der Waals surface area contributed by atoms with Crippen LogP contribution in [0.2, 0.25) is 0 Å². The lowest BCUT2D eigenvalue weighted by atomic mass is 10.3. The number of fused-ring (bicyclic) bond motifs is 1. The second-order valence-electron chi connectivity index (χ2n) is 3.07. The molecule has 1 aliphatic rings. The third-order valence-corrected chi connectivity index (χ3v) is 2.29. The van der Waals surface area contributed by atoms with Gasteiger partial charge in [0.1, 0.15) is 0 Å². The molecule has 0 aliphatic carbocycles. The van der Waals surface area contributed by atoms with E-state index >= 15 is 0 Å². The number of hydrogen-bond acceptors (Lipinski definition) is 2. The van der Waals surface area contributed by atoms with Gasteiger partial charge in [-0.1, -0.05) is 0 Å². The van der Waals surface area contributed by atoms with E-state index in [0.29, 0.717) is 19.6 Å². The van der Waals surface area contributed by atoms with Gasteiger partial charge in [-0.15, -0.1) is 0 Å². The number of carboxylic acid groups (broad SMARTS) is 1. The van der Waals surface area contributed by atoms with Crippen molar-refractivity contribution in [3.05, 3.63) is 18.0 Å². The van der Waals surface area contributed by atoms with Crippen LogP contribution in [0.4, 0.5) is 4.79 Å². The molecular weight excluding hydrogens is 170 g/mol. The average molecular weight is 181 g/mol. The topological polar surface area (TPSA) is 58.4 Å². The molecule has 0 spiro atoms. The molecule has 1 amide bonds. The Hall–Kier alpha value is -1.52. The third kappa shape index (κ3) is 1.49. The lowest BCUT2D eigenvalue weighted by Crippen LogP contribution is -2.32. The van der Waals surface area contributed by atoms with Crippen molar-refractivity contribution in [1.82, 2.24) is 14.7 Å². The van der Waals surface area contributed by atoms with E-state index in [1.54, 1.807) is 6.20 Å². The normalized spacial score (nSPS) is 16.5. The second-order valence-corrected chi connectivity index (χ2v) is 3.07. The molecule has 70 valence electrons. The summed E-state index contributed by atoms with van der Waals surface area (Å²) in [5.41, 5.74) is 1.11. The zero-order valence-electron chi connectivity index (χ0n) is 7.18. The van der Waals surface area contributed by atoms with Gasteiger partial charge in [0, 0.05) is 31.4 Å². The minimum Gasteiger partial charge on any atom is -0.465 e. The van der Waals surface area contributed by atoms with E-state index in [-0.39, 0.29) is 0 Å². The molecule has 0 bridgehead atoms. The summed E-state index contributed by atoms with van der Waals surface area (Å²) in [5.74, 6) is 0. The van der Waals surface area contributed by atoms with Crippen LogP contribution in [-0.4, -0.2) is 39.0 Å². The van der Waals surface area contributed by atoms with Crippen molar-refractivity contribution in [2.45, 2.75) is 13.0 Å². The number of aromatic nitrogens is 2. The number of hydrogen-bond donors (Lipinski definition) is 1. The van der Waals surface area contributed by atoms with Gasteiger partial charge in [0.2, 0.25) is 0 Å². The van der Waals surface area contributed by atoms with Crippen LogP contribution in [-0.2, 0) is 13.0 Å². The molecule has 0 aromatic carbocycles. The zero-order valence-corrected chi connectivity index (χ0v) is 7.18. The summed E-state index contributed by atoms with van der Waals surface area (Å²) >= 11 is 0.